The number of nitrogens with two attached hydrogens (primary N) is 1. The highest BCUT2D eigenvalue weighted by molar-refractivity contribution is 5.96. The molecular formula is C14H16ClN3O4. The zero-order valence-electron chi connectivity index (χ0n) is 11.8. The van der Waals surface area contributed by atoms with Crippen molar-refractivity contribution in [1.29, 1.82) is 0 Å². The van der Waals surface area contributed by atoms with Gasteiger partial charge in [-0.2, -0.15) is 0 Å². The molecule has 0 aliphatic rings. The third kappa shape index (κ3) is 4.31. The van der Waals surface area contributed by atoms with E-state index >= 15 is 0 Å². The fourth-order valence-corrected chi connectivity index (χ4v) is 1.86. The number of hydrogen-bond acceptors (Lipinski definition) is 5. The third-order valence-electron chi connectivity index (χ3n) is 2.87. The Labute approximate surface area is 132 Å². The van der Waals surface area contributed by atoms with Crippen molar-refractivity contribution in [2.24, 2.45) is 5.73 Å². The van der Waals surface area contributed by atoms with E-state index in [0.29, 0.717) is 11.3 Å². The van der Waals surface area contributed by atoms with Crippen LogP contribution in [-0.2, 0) is 9.59 Å². The van der Waals surface area contributed by atoms with E-state index in [1.54, 1.807) is 25.1 Å². The molecule has 0 spiro atoms. The zero-order chi connectivity index (χ0) is 15.4. The fourth-order valence-electron chi connectivity index (χ4n) is 1.86. The first-order chi connectivity index (χ1) is 9.99. The first-order valence-corrected chi connectivity index (χ1v) is 6.30. The molecule has 4 N–H and O–H groups in total. The van der Waals surface area contributed by atoms with Crippen molar-refractivity contribution in [2.75, 3.05) is 18.4 Å². The van der Waals surface area contributed by atoms with E-state index < -0.39 is 17.4 Å². The second-order valence-corrected chi connectivity index (χ2v) is 4.49. The van der Waals surface area contributed by atoms with Crippen LogP contribution < -0.4 is 22.0 Å². The van der Waals surface area contributed by atoms with Crippen LogP contribution in [0.2, 0.25) is 0 Å². The Morgan fingerprint density at radius 1 is 1.23 bits per heavy atom. The Morgan fingerprint density at radius 2 is 1.95 bits per heavy atom. The molecule has 2 rings (SSSR count). The molecule has 1 aromatic heterocycles. The summed E-state index contributed by atoms with van der Waals surface area (Å²) in [7, 11) is 0. The van der Waals surface area contributed by atoms with Gasteiger partial charge in [-0.15, -0.1) is 12.4 Å². The number of fused-ring (bicyclic) bond motifs is 1. The lowest BCUT2D eigenvalue weighted by Crippen LogP contribution is -2.36. The van der Waals surface area contributed by atoms with Crippen molar-refractivity contribution >= 4 is 40.9 Å². The van der Waals surface area contributed by atoms with Gasteiger partial charge in [0.05, 0.1) is 13.1 Å². The van der Waals surface area contributed by atoms with E-state index in [4.69, 9.17) is 10.2 Å². The van der Waals surface area contributed by atoms with Gasteiger partial charge in [-0.25, -0.2) is 4.79 Å². The van der Waals surface area contributed by atoms with Crippen LogP contribution in [0.15, 0.2) is 33.5 Å². The number of aryl methyl sites for hydroxylation is 1. The van der Waals surface area contributed by atoms with Crippen LogP contribution in [0.5, 0.6) is 0 Å². The number of halogens is 1. The first-order valence-electron chi connectivity index (χ1n) is 6.30. The van der Waals surface area contributed by atoms with E-state index in [0.717, 1.165) is 10.9 Å². The van der Waals surface area contributed by atoms with Gasteiger partial charge < -0.3 is 20.8 Å². The summed E-state index contributed by atoms with van der Waals surface area (Å²) in [6.45, 7) is 1.46. The molecule has 118 valence electrons. The van der Waals surface area contributed by atoms with E-state index in [-0.39, 0.29) is 25.5 Å². The van der Waals surface area contributed by atoms with E-state index in [1.165, 1.54) is 6.07 Å². The largest absolute Gasteiger partial charge is 0.423 e. The van der Waals surface area contributed by atoms with Gasteiger partial charge in [-0.1, -0.05) is 0 Å². The molecule has 0 aliphatic heterocycles. The van der Waals surface area contributed by atoms with Gasteiger partial charge >= 0.3 is 5.63 Å². The molecule has 0 aliphatic carbocycles. The average Bonchev–Trinajstić information content (AvgIpc) is 2.44. The van der Waals surface area contributed by atoms with Crippen molar-refractivity contribution in [1.82, 2.24) is 5.32 Å². The van der Waals surface area contributed by atoms with E-state index in [1.807, 2.05) is 0 Å². The standard InChI is InChI=1S/C14H15N3O4.ClH/c1-8-4-14(20)21-11-5-9(2-3-10(8)11)17-13(19)7-16-12(18)6-15;/h2-5H,6-7,15H2,1H3,(H,16,18)(H,17,19);1H. The molecule has 8 heteroatoms. The summed E-state index contributed by atoms with van der Waals surface area (Å²) in [4.78, 5) is 33.9. The van der Waals surface area contributed by atoms with Gasteiger partial charge in [0.25, 0.3) is 0 Å². The highest BCUT2D eigenvalue weighted by Gasteiger charge is 2.07. The Bertz CT molecular complexity index is 757. The Balaban J connectivity index is 0.00000242. The van der Waals surface area contributed by atoms with Gasteiger partial charge in [0, 0.05) is 23.2 Å². The highest BCUT2D eigenvalue weighted by Crippen LogP contribution is 2.20. The van der Waals surface area contributed by atoms with Gasteiger partial charge in [0.1, 0.15) is 5.58 Å². The molecule has 2 amide bonds. The molecule has 0 saturated heterocycles. The minimum atomic E-state index is -0.446. The third-order valence-corrected chi connectivity index (χ3v) is 2.87. The summed E-state index contributed by atoms with van der Waals surface area (Å²) in [5.41, 5.74) is 6.34. The Hall–Kier alpha value is -2.38. The maximum absolute atomic E-state index is 11.6. The average molecular weight is 326 g/mol. The molecule has 0 saturated carbocycles. The lowest BCUT2D eigenvalue weighted by Gasteiger charge is -2.07. The lowest BCUT2D eigenvalue weighted by molar-refractivity contribution is -0.123. The fraction of sp³-hybridized carbons (Fsp3) is 0.214. The second kappa shape index (κ2) is 7.58. The van der Waals surface area contributed by atoms with Crippen molar-refractivity contribution < 1.29 is 14.0 Å². The molecule has 1 heterocycles. The van der Waals surface area contributed by atoms with Crippen LogP contribution in [0.25, 0.3) is 11.0 Å². The summed E-state index contributed by atoms with van der Waals surface area (Å²) >= 11 is 0. The van der Waals surface area contributed by atoms with Crippen molar-refractivity contribution in [3.05, 3.63) is 40.2 Å². The Morgan fingerprint density at radius 3 is 2.64 bits per heavy atom. The molecule has 22 heavy (non-hydrogen) atoms. The SMILES string of the molecule is Cc1cc(=O)oc2cc(NC(=O)CNC(=O)CN)ccc12.Cl. The van der Waals surface area contributed by atoms with Crippen LogP contribution in [0, 0.1) is 6.92 Å². The molecule has 0 fully saturated rings. The molecule has 2 aromatic rings. The van der Waals surface area contributed by atoms with Gasteiger partial charge in [0.2, 0.25) is 11.8 Å². The summed E-state index contributed by atoms with van der Waals surface area (Å²) < 4.78 is 5.09. The summed E-state index contributed by atoms with van der Waals surface area (Å²) in [5, 5.41) is 5.75. The number of amides is 2. The minimum absolute atomic E-state index is 0. The maximum atomic E-state index is 11.6. The van der Waals surface area contributed by atoms with Gasteiger partial charge in [0.15, 0.2) is 0 Å². The van der Waals surface area contributed by atoms with E-state index in [2.05, 4.69) is 10.6 Å². The van der Waals surface area contributed by atoms with E-state index in [9.17, 15) is 14.4 Å². The van der Waals surface area contributed by atoms with Crippen LogP contribution in [-0.4, -0.2) is 24.9 Å². The summed E-state index contributed by atoms with van der Waals surface area (Å²) in [6.07, 6.45) is 0. The number of hydrogen-bond donors (Lipinski definition) is 3. The second-order valence-electron chi connectivity index (χ2n) is 4.49. The molecule has 0 unspecified atom stereocenters. The molecule has 0 bridgehead atoms. The quantitative estimate of drug-likeness (QED) is 0.710. The van der Waals surface area contributed by atoms with Crippen LogP contribution in [0.4, 0.5) is 5.69 Å². The molecular weight excluding hydrogens is 310 g/mol. The van der Waals surface area contributed by atoms with Crippen LogP contribution >= 0.6 is 12.4 Å². The number of carbonyl (C=O) groups excluding carboxylic acids is 2. The lowest BCUT2D eigenvalue weighted by atomic mass is 10.1. The van der Waals surface area contributed by atoms with Crippen LogP contribution in [0.3, 0.4) is 0 Å². The van der Waals surface area contributed by atoms with Crippen molar-refractivity contribution in [2.45, 2.75) is 6.92 Å². The number of benzene rings is 1. The van der Waals surface area contributed by atoms with Gasteiger partial charge in [-0.3, -0.25) is 9.59 Å². The molecule has 0 radical (unpaired) electrons. The topological polar surface area (TPSA) is 114 Å². The number of carbonyl (C=O) groups is 2. The van der Waals surface area contributed by atoms with Crippen LogP contribution in [0.1, 0.15) is 5.56 Å². The molecule has 0 atom stereocenters. The predicted molar refractivity (Wildman–Crippen MR) is 85.2 cm³/mol. The molecule has 1 aromatic carbocycles. The molecule has 7 nitrogen and oxygen atoms in total. The predicted octanol–water partition coefficient (Wildman–Crippen LogP) is 0.537. The smallest absolute Gasteiger partial charge is 0.336 e. The highest BCUT2D eigenvalue weighted by atomic mass is 35.5. The first kappa shape index (κ1) is 17.7. The number of anilines is 1. The Kier molecular flexibility index (Phi) is 6.09. The summed E-state index contributed by atoms with van der Waals surface area (Å²) in [5.74, 6) is -0.809. The van der Waals surface area contributed by atoms with Crippen molar-refractivity contribution in [3.8, 4) is 0 Å². The van der Waals surface area contributed by atoms with Gasteiger partial charge in [-0.05, 0) is 24.6 Å². The maximum Gasteiger partial charge on any atom is 0.336 e. The minimum Gasteiger partial charge on any atom is -0.423 e. The number of rotatable bonds is 4. The van der Waals surface area contributed by atoms with Crippen molar-refractivity contribution in [3.63, 3.8) is 0 Å². The zero-order valence-corrected chi connectivity index (χ0v) is 12.7. The monoisotopic (exact) mass is 325 g/mol. The number of nitrogens with one attached hydrogen (secondary N) is 2. The summed E-state index contributed by atoms with van der Waals surface area (Å²) in [6, 6.07) is 6.41. The normalized spacial score (nSPS) is 9.91.